The Hall–Kier alpha value is -1.88. The molecule has 1 N–H and O–H groups in total. The summed E-state index contributed by atoms with van der Waals surface area (Å²) in [6, 6.07) is 9.41. The first-order valence-electron chi connectivity index (χ1n) is 7.38. The molecule has 5 heteroatoms. The standard InChI is InChI=1S/C17H22O5/c1-12-9-16(2,10-14(18)19)22-17(12,3)15(20)21-11-13-7-5-4-6-8-13/h4-8,12H,9-11H2,1-3H3,(H,18,19)/t12-,16+,17-/m1/s1. The summed E-state index contributed by atoms with van der Waals surface area (Å²) < 4.78 is 11.2. The van der Waals surface area contributed by atoms with Gasteiger partial charge < -0.3 is 14.6 Å². The Kier molecular flexibility index (Phi) is 4.56. The Balaban J connectivity index is 2.03. The van der Waals surface area contributed by atoms with E-state index in [1.807, 2.05) is 37.3 Å². The van der Waals surface area contributed by atoms with E-state index in [1.165, 1.54) is 0 Å². The van der Waals surface area contributed by atoms with E-state index < -0.39 is 23.1 Å². The fraction of sp³-hybridized carbons (Fsp3) is 0.529. The molecular weight excluding hydrogens is 284 g/mol. The van der Waals surface area contributed by atoms with Crippen molar-refractivity contribution in [3.05, 3.63) is 35.9 Å². The third kappa shape index (κ3) is 3.47. The molecule has 3 atom stereocenters. The van der Waals surface area contributed by atoms with Gasteiger partial charge in [0.25, 0.3) is 0 Å². The Bertz CT molecular complexity index is 555. The van der Waals surface area contributed by atoms with Crippen LogP contribution in [-0.4, -0.2) is 28.2 Å². The smallest absolute Gasteiger partial charge is 0.338 e. The molecule has 1 aromatic rings. The third-order valence-electron chi connectivity index (χ3n) is 4.28. The van der Waals surface area contributed by atoms with Gasteiger partial charge in [0.2, 0.25) is 0 Å². The predicted octanol–water partition coefficient (Wildman–Crippen LogP) is 2.78. The lowest BCUT2D eigenvalue weighted by Gasteiger charge is -2.29. The molecule has 1 aromatic carbocycles. The van der Waals surface area contributed by atoms with Crippen LogP contribution < -0.4 is 0 Å². The van der Waals surface area contributed by atoms with Crippen LogP contribution in [0.5, 0.6) is 0 Å². The normalized spacial score (nSPS) is 31.0. The van der Waals surface area contributed by atoms with Gasteiger partial charge in [0.1, 0.15) is 6.61 Å². The van der Waals surface area contributed by atoms with Gasteiger partial charge in [0.05, 0.1) is 12.0 Å². The average molecular weight is 306 g/mol. The van der Waals surface area contributed by atoms with Crippen LogP contribution in [0.3, 0.4) is 0 Å². The minimum atomic E-state index is -1.11. The van der Waals surface area contributed by atoms with Gasteiger partial charge in [-0.3, -0.25) is 4.79 Å². The van der Waals surface area contributed by atoms with Crippen LogP contribution in [0.4, 0.5) is 0 Å². The fourth-order valence-corrected chi connectivity index (χ4v) is 3.03. The molecule has 120 valence electrons. The van der Waals surface area contributed by atoms with Crippen molar-refractivity contribution in [3.63, 3.8) is 0 Å². The zero-order valence-corrected chi connectivity index (χ0v) is 13.2. The lowest BCUT2D eigenvalue weighted by Crippen LogP contribution is -2.43. The van der Waals surface area contributed by atoms with Crippen LogP contribution >= 0.6 is 0 Å². The molecule has 0 radical (unpaired) electrons. The first kappa shape index (κ1) is 16.5. The van der Waals surface area contributed by atoms with E-state index >= 15 is 0 Å². The molecule has 22 heavy (non-hydrogen) atoms. The van der Waals surface area contributed by atoms with Gasteiger partial charge in [-0.25, -0.2) is 4.79 Å². The molecule has 1 aliphatic rings. The maximum atomic E-state index is 12.4. The van der Waals surface area contributed by atoms with Gasteiger partial charge in [-0.15, -0.1) is 0 Å². The zero-order valence-electron chi connectivity index (χ0n) is 13.2. The van der Waals surface area contributed by atoms with Gasteiger partial charge in [-0.1, -0.05) is 37.3 Å². The number of aliphatic carboxylic acids is 1. The molecular formula is C17H22O5. The Morgan fingerprint density at radius 3 is 2.55 bits per heavy atom. The second-order valence-electron chi connectivity index (χ2n) is 6.40. The van der Waals surface area contributed by atoms with Crippen molar-refractivity contribution in [1.82, 2.24) is 0 Å². The highest BCUT2D eigenvalue weighted by Crippen LogP contribution is 2.44. The molecule has 5 nitrogen and oxygen atoms in total. The van der Waals surface area contributed by atoms with Crippen molar-refractivity contribution in [2.24, 2.45) is 5.92 Å². The molecule has 0 aromatic heterocycles. The number of rotatable bonds is 5. The molecule has 1 fully saturated rings. The number of carbonyl (C=O) groups excluding carboxylic acids is 1. The maximum absolute atomic E-state index is 12.4. The van der Waals surface area contributed by atoms with Crippen molar-refractivity contribution in [1.29, 1.82) is 0 Å². The summed E-state index contributed by atoms with van der Waals surface area (Å²) in [5.41, 5.74) is -1.05. The Morgan fingerprint density at radius 1 is 1.32 bits per heavy atom. The van der Waals surface area contributed by atoms with E-state index in [2.05, 4.69) is 0 Å². The fourth-order valence-electron chi connectivity index (χ4n) is 3.03. The minimum Gasteiger partial charge on any atom is -0.481 e. The molecule has 1 saturated heterocycles. The van der Waals surface area contributed by atoms with E-state index in [1.54, 1.807) is 13.8 Å². The molecule has 0 aliphatic carbocycles. The number of hydrogen-bond donors (Lipinski definition) is 1. The number of esters is 1. The Morgan fingerprint density at radius 2 is 1.95 bits per heavy atom. The molecule has 0 bridgehead atoms. The molecule has 0 unspecified atom stereocenters. The third-order valence-corrected chi connectivity index (χ3v) is 4.28. The quantitative estimate of drug-likeness (QED) is 0.847. The average Bonchev–Trinajstić information content (AvgIpc) is 2.67. The lowest BCUT2D eigenvalue weighted by atomic mass is 9.86. The monoisotopic (exact) mass is 306 g/mol. The van der Waals surface area contributed by atoms with Crippen molar-refractivity contribution in [2.45, 2.75) is 51.4 Å². The maximum Gasteiger partial charge on any atom is 0.338 e. The summed E-state index contributed by atoms with van der Waals surface area (Å²) in [5, 5.41) is 8.99. The molecule has 0 saturated carbocycles. The summed E-state index contributed by atoms with van der Waals surface area (Å²) in [6.07, 6.45) is 0.384. The summed E-state index contributed by atoms with van der Waals surface area (Å²) in [7, 11) is 0. The summed E-state index contributed by atoms with van der Waals surface area (Å²) in [6.45, 7) is 5.48. The molecule has 2 rings (SSSR count). The van der Waals surface area contributed by atoms with E-state index in [0.29, 0.717) is 6.42 Å². The second-order valence-corrected chi connectivity index (χ2v) is 6.40. The topological polar surface area (TPSA) is 72.8 Å². The summed E-state index contributed by atoms with van der Waals surface area (Å²) >= 11 is 0. The van der Waals surface area contributed by atoms with Crippen LogP contribution in [0.15, 0.2) is 30.3 Å². The minimum absolute atomic E-state index is 0.111. The van der Waals surface area contributed by atoms with Crippen molar-refractivity contribution in [3.8, 4) is 0 Å². The number of benzene rings is 1. The second kappa shape index (κ2) is 6.08. The van der Waals surface area contributed by atoms with Crippen LogP contribution in [0.1, 0.15) is 39.2 Å². The van der Waals surface area contributed by atoms with Crippen LogP contribution in [-0.2, 0) is 25.7 Å². The number of carbonyl (C=O) groups is 2. The summed E-state index contributed by atoms with van der Waals surface area (Å²) in [5.74, 6) is -1.49. The van der Waals surface area contributed by atoms with Crippen molar-refractivity contribution < 1.29 is 24.2 Å². The van der Waals surface area contributed by atoms with Gasteiger partial charge in [0.15, 0.2) is 5.60 Å². The first-order chi connectivity index (χ1) is 10.3. The number of carboxylic acid groups (broad SMARTS) is 1. The highest BCUT2D eigenvalue weighted by atomic mass is 16.6. The molecule has 0 amide bonds. The summed E-state index contributed by atoms with van der Waals surface area (Å²) in [4.78, 5) is 23.4. The SMILES string of the molecule is C[C@@H]1C[C@@](C)(CC(=O)O)O[C@@]1(C)C(=O)OCc1ccccc1. The molecule has 1 aliphatic heterocycles. The number of carboxylic acids is 1. The van der Waals surface area contributed by atoms with Crippen LogP contribution in [0.2, 0.25) is 0 Å². The van der Waals surface area contributed by atoms with Gasteiger partial charge in [0, 0.05) is 0 Å². The van der Waals surface area contributed by atoms with Crippen molar-refractivity contribution >= 4 is 11.9 Å². The highest BCUT2D eigenvalue weighted by Gasteiger charge is 2.55. The van der Waals surface area contributed by atoms with Gasteiger partial charge in [-0.2, -0.15) is 0 Å². The number of ether oxygens (including phenoxy) is 2. The molecule has 1 heterocycles. The zero-order chi connectivity index (χ0) is 16.4. The molecule has 0 spiro atoms. The van der Waals surface area contributed by atoms with Crippen LogP contribution in [0.25, 0.3) is 0 Å². The highest BCUT2D eigenvalue weighted by molar-refractivity contribution is 5.80. The van der Waals surface area contributed by atoms with Gasteiger partial charge >= 0.3 is 11.9 Å². The predicted molar refractivity (Wildman–Crippen MR) is 80.2 cm³/mol. The number of hydrogen-bond acceptors (Lipinski definition) is 4. The van der Waals surface area contributed by atoms with E-state index in [0.717, 1.165) is 5.56 Å². The van der Waals surface area contributed by atoms with E-state index in [4.69, 9.17) is 14.6 Å². The van der Waals surface area contributed by atoms with Crippen molar-refractivity contribution in [2.75, 3.05) is 0 Å². The van der Waals surface area contributed by atoms with E-state index in [-0.39, 0.29) is 18.9 Å². The lowest BCUT2D eigenvalue weighted by molar-refractivity contribution is -0.183. The van der Waals surface area contributed by atoms with Gasteiger partial charge in [-0.05, 0) is 31.7 Å². The first-order valence-corrected chi connectivity index (χ1v) is 7.38. The Labute approximate surface area is 130 Å². The van der Waals surface area contributed by atoms with Crippen LogP contribution in [0, 0.1) is 5.92 Å². The van der Waals surface area contributed by atoms with E-state index in [9.17, 15) is 9.59 Å². The largest absolute Gasteiger partial charge is 0.481 e.